The van der Waals surface area contributed by atoms with Crippen LogP contribution in [0.1, 0.15) is 12.0 Å². The standard InChI is InChI=1S/C14H23N3O/c1-12-5-7-13(8-6-12)17(10-4-9-15)11-14(18)16(2)3/h5-8H,4,9-11,15H2,1-3H3. The van der Waals surface area contributed by atoms with E-state index >= 15 is 0 Å². The smallest absolute Gasteiger partial charge is 0.241 e. The van der Waals surface area contributed by atoms with Gasteiger partial charge in [-0.2, -0.15) is 0 Å². The van der Waals surface area contributed by atoms with Gasteiger partial charge >= 0.3 is 0 Å². The van der Waals surface area contributed by atoms with Crippen LogP contribution in [0, 0.1) is 6.92 Å². The third-order valence-corrected chi connectivity index (χ3v) is 2.86. The molecule has 0 saturated heterocycles. The minimum atomic E-state index is 0.104. The molecule has 18 heavy (non-hydrogen) atoms. The van der Waals surface area contributed by atoms with Crippen LogP contribution in [0.4, 0.5) is 5.69 Å². The average molecular weight is 249 g/mol. The third-order valence-electron chi connectivity index (χ3n) is 2.86. The summed E-state index contributed by atoms with van der Waals surface area (Å²) in [5, 5.41) is 0. The second-order valence-electron chi connectivity index (χ2n) is 4.69. The lowest BCUT2D eigenvalue weighted by Crippen LogP contribution is -2.37. The topological polar surface area (TPSA) is 49.6 Å². The fourth-order valence-electron chi connectivity index (χ4n) is 1.64. The zero-order valence-corrected chi connectivity index (χ0v) is 11.5. The van der Waals surface area contributed by atoms with Gasteiger partial charge in [-0.25, -0.2) is 0 Å². The van der Waals surface area contributed by atoms with Gasteiger partial charge in [0.25, 0.3) is 0 Å². The number of likely N-dealkylation sites (N-methyl/N-ethyl adjacent to an activating group) is 1. The van der Waals surface area contributed by atoms with Gasteiger partial charge in [0.2, 0.25) is 5.91 Å². The molecule has 100 valence electrons. The highest BCUT2D eigenvalue weighted by atomic mass is 16.2. The Morgan fingerprint density at radius 2 is 1.83 bits per heavy atom. The summed E-state index contributed by atoms with van der Waals surface area (Å²) in [6.45, 7) is 3.90. The number of benzene rings is 1. The molecule has 0 fully saturated rings. The normalized spacial score (nSPS) is 10.2. The number of carbonyl (C=O) groups is 1. The molecule has 0 spiro atoms. The highest BCUT2D eigenvalue weighted by molar-refractivity contribution is 5.81. The molecule has 0 aromatic heterocycles. The quantitative estimate of drug-likeness (QED) is 0.825. The summed E-state index contributed by atoms with van der Waals surface area (Å²) in [7, 11) is 3.55. The van der Waals surface area contributed by atoms with Crippen molar-refractivity contribution in [1.82, 2.24) is 4.90 Å². The molecule has 1 aromatic carbocycles. The van der Waals surface area contributed by atoms with E-state index < -0.39 is 0 Å². The van der Waals surface area contributed by atoms with E-state index in [0.29, 0.717) is 13.1 Å². The summed E-state index contributed by atoms with van der Waals surface area (Å²) in [5.41, 5.74) is 7.84. The molecule has 0 heterocycles. The highest BCUT2D eigenvalue weighted by Gasteiger charge is 2.12. The molecule has 0 bridgehead atoms. The minimum Gasteiger partial charge on any atom is -0.362 e. The first kappa shape index (κ1) is 14.5. The fraction of sp³-hybridized carbons (Fsp3) is 0.500. The lowest BCUT2D eigenvalue weighted by atomic mass is 10.2. The first-order valence-corrected chi connectivity index (χ1v) is 6.26. The molecule has 0 radical (unpaired) electrons. The molecule has 0 aliphatic rings. The summed E-state index contributed by atoms with van der Waals surface area (Å²) in [5.74, 6) is 0.104. The van der Waals surface area contributed by atoms with E-state index in [1.54, 1.807) is 19.0 Å². The van der Waals surface area contributed by atoms with Gasteiger partial charge in [0.15, 0.2) is 0 Å². The van der Waals surface area contributed by atoms with Gasteiger partial charge < -0.3 is 15.5 Å². The molecule has 0 atom stereocenters. The largest absolute Gasteiger partial charge is 0.362 e. The number of hydrogen-bond donors (Lipinski definition) is 1. The Labute approximate surface area is 109 Å². The van der Waals surface area contributed by atoms with Crippen LogP contribution >= 0.6 is 0 Å². The number of nitrogens with zero attached hydrogens (tertiary/aromatic N) is 2. The average Bonchev–Trinajstić information content (AvgIpc) is 2.35. The van der Waals surface area contributed by atoms with Crippen LogP contribution in [-0.4, -0.2) is 44.5 Å². The monoisotopic (exact) mass is 249 g/mol. The highest BCUT2D eigenvalue weighted by Crippen LogP contribution is 2.15. The summed E-state index contributed by atoms with van der Waals surface area (Å²) < 4.78 is 0. The van der Waals surface area contributed by atoms with E-state index in [9.17, 15) is 4.79 Å². The van der Waals surface area contributed by atoms with Crippen molar-refractivity contribution >= 4 is 11.6 Å². The van der Waals surface area contributed by atoms with Crippen molar-refractivity contribution in [3.05, 3.63) is 29.8 Å². The van der Waals surface area contributed by atoms with Gasteiger partial charge in [-0.05, 0) is 32.0 Å². The predicted molar refractivity (Wildman–Crippen MR) is 75.8 cm³/mol. The van der Waals surface area contributed by atoms with Gasteiger partial charge in [0.1, 0.15) is 0 Å². The van der Waals surface area contributed by atoms with Crippen LogP contribution in [-0.2, 0) is 4.79 Å². The van der Waals surface area contributed by atoms with E-state index in [4.69, 9.17) is 5.73 Å². The van der Waals surface area contributed by atoms with Crippen LogP contribution in [0.25, 0.3) is 0 Å². The zero-order chi connectivity index (χ0) is 13.5. The van der Waals surface area contributed by atoms with Crippen LogP contribution in [0.15, 0.2) is 24.3 Å². The van der Waals surface area contributed by atoms with Crippen LogP contribution < -0.4 is 10.6 Å². The van der Waals surface area contributed by atoms with E-state index in [1.807, 2.05) is 0 Å². The lowest BCUT2D eigenvalue weighted by Gasteiger charge is -2.25. The molecule has 1 rings (SSSR count). The van der Waals surface area contributed by atoms with Crippen molar-refractivity contribution in [3.8, 4) is 0 Å². The lowest BCUT2D eigenvalue weighted by molar-refractivity contribution is -0.127. The van der Waals surface area contributed by atoms with Crippen molar-refractivity contribution in [2.45, 2.75) is 13.3 Å². The van der Waals surface area contributed by atoms with Crippen LogP contribution in [0.2, 0.25) is 0 Å². The maximum Gasteiger partial charge on any atom is 0.241 e. The molecule has 0 saturated carbocycles. The van der Waals surface area contributed by atoms with Crippen molar-refractivity contribution in [3.63, 3.8) is 0 Å². The van der Waals surface area contributed by atoms with E-state index in [-0.39, 0.29) is 5.91 Å². The molecule has 1 aromatic rings. The van der Waals surface area contributed by atoms with Crippen molar-refractivity contribution in [2.75, 3.05) is 38.6 Å². The van der Waals surface area contributed by atoms with Crippen molar-refractivity contribution in [1.29, 1.82) is 0 Å². The molecular weight excluding hydrogens is 226 g/mol. The first-order valence-electron chi connectivity index (χ1n) is 6.26. The van der Waals surface area contributed by atoms with E-state index in [2.05, 4.69) is 36.1 Å². The Bertz CT molecular complexity index is 373. The second-order valence-corrected chi connectivity index (χ2v) is 4.69. The third kappa shape index (κ3) is 4.37. The minimum absolute atomic E-state index is 0.104. The predicted octanol–water partition coefficient (Wildman–Crippen LogP) is 1.24. The molecule has 4 heteroatoms. The fourth-order valence-corrected chi connectivity index (χ4v) is 1.64. The van der Waals surface area contributed by atoms with Gasteiger partial charge in [0, 0.05) is 26.3 Å². The van der Waals surface area contributed by atoms with E-state index in [0.717, 1.165) is 18.7 Å². The van der Waals surface area contributed by atoms with Crippen molar-refractivity contribution in [2.24, 2.45) is 5.73 Å². The molecule has 1 amide bonds. The zero-order valence-electron chi connectivity index (χ0n) is 11.5. The number of hydrogen-bond acceptors (Lipinski definition) is 3. The molecule has 4 nitrogen and oxygen atoms in total. The summed E-state index contributed by atoms with van der Waals surface area (Å²) in [6, 6.07) is 8.22. The van der Waals surface area contributed by atoms with Gasteiger partial charge in [-0.1, -0.05) is 17.7 Å². The Morgan fingerprint density at radius 3 is 2.33 bits per heavy atom. The van der Waals surface area contributed by atoms with Gasteiger partial charge in [-0.15, -0.1) is 0 Å². The summed E-state index contributed by atoms with van der Waals surface area (Å²) >= 11 is 0. The maximum absolute atomic E-state index is 11.8. The Kier molecular flexibility index (Phi) is 5.65. The maximum atomic E-state index is 11.8. The Balaban J connectivity index is 2.77. The number of amides is 1. The summed E-state index contributed by atoms with van der Waals surface area (Å²) in [4.78, 5) is 15.5. The number of carbonyl (C=O) groups excluding carboxylic acids is 1. The SMILES string of the molecule is Cc1ccc(N(CCCN)CC(=O)N(C)C)cc1. The number of rotatable bonds is 6. The Hall–Kier alpha value is -1.55. The first-order chi connectivity index (χ1) is 8.54. The summed E-state index contributed by atoms with van der Waals surface area (Å²) in [6.07, 6.45) is 0.884. The van der Waals surface area contributed by atoms with Gasteiger partial charge in [-0.3, -0.25) is 4.79 Å². The molecule has 0 aliphatic heterocycles. The van der Waals surface area contributed by atoms with Crippen LogP contribution in [0.5, 0.6) is 0 Å². The van der Waals surface area contributed by atoms with E-state index in [1.165, 1.54) is 5.56 Å². The van der Waals surface area contributed by atoms with Gasteiger partial charge in [0.05, 0.1) is 6.54 Å². The number of nitrogens with two attached hydrogens (primary N) is 1. The molecule has 2 N–H and O–H groups in total. The number of aryl methyl sites for hydroxylation is 1. The molecular formula is C14H23N3O. The Morgan fingerprint density at radius 1 is 1.22 bits per heavy atom. The second kappa shape index (κ2) is 7.01. The van der Waals surface area contributed by atoms with Crippen molar-refractivity contribution < 1.29 is 4.79 Å². The molecule has 0 unspecified atom stereocenters. The molecule has 0 aliphatic carbocycles. The van der Waals surface area contributed by atoms with Crippen LogP contribution in [0.3, 0.4) is 0 Å². The number of anilines is 1.